The fraction of sp³-hybridized carbons (Fsp3) is 0.500. The summed E-state index contributed by atoms with van der Waals surface area (Å²) in [5.41, 5.74) is 7.88. The Labute approximate surface area is 226 Å². The van der Waals surface area contributed by atoms with Crippen LogP contribution >= 0.6 is 0 Å². The van der Waals surface area contributed by atoms with Gasteiger partial charge in [-0.2, -0.15) is 0 Å². The maximum absolute atomic E-state index is 13.2. The molecule has 11 nitrogen and oxygen atoms in total. The van der Waals surface area contributed by atoms with Gasteiger partial charge in [0, 0.05) is 24.8 Å². The molecule has 210 valence electrons. The first-order valence-corrected chi connectivity index (χ1v) is 13.2. The van der Waals surface area contributed by atoms with Crippen molar-refractivity contribution in [3.63, 3.8) is 0 Å². The van der Waals surface area contributed by atoms with Crippen LogP contribution in [0.4, 0.5) is 0 Å². The van der Waals surface area contributed by atoms with Crippen molar-refractivity contribution in [1.82, 2.24) is 10.6 Å². The van der Waals surface area contributed by atoms with Crippen molar-refractivity contribution in [1.29, 1.82) is 0 Å². The Morgan fingerprint density at radius 1 is 1.03 bits per heavy atom. The maximum atomic E-state index is 13.2. The summed E-state index contributed by atoms with van der Waals surface area (Å²) in [6.07, 6.45) is 2.19. The largest absolute Gasteiger partial charge is 0.502 e. The van der Waals surface area contributed by atoms with Crippen molar-refractivity contribution in [3.8, 4) is 28.7 Å². The van der Waals surface area contributed by atoms with E-state index in [0.717, 1.165) is 30.5 Å². The number of hydrogen-bond acceptors (Lipinski definition) is 10. The summed E-state index contributed by atoms with van der Waals surface area (Å²) in [4.78, 5) is 26.3. The summed E-state index contributed by atoms with van der Waals surface area (Å²) >= 11 is 0. The highest BCUT2D eigenvalue weighted by molar-refractivity contribution is 5.81. The number of unbranched alkanes of at least 4 members (excludes halogenated alkanes) is 1. The van der Waals surface area contributed by atoms with E-state index >= 15 is 0 Å². The third kappa shape index (κ3) is 5.16. The minimum absolute atomic E-state index is 0.0888. The average molecular weight is 542 g/mol. The molecule has 1 amide bonds. The number of aromatic hydroxyl groups is 1. The number of carbonyl (C=O) groups is 2. The first-order chi connectivity index (χ1) is 19.0. The first-order valence-electron chi connectivity index (χ1n) is 13.2. The Balaban J connectivity index is 1.51. The highest BCUT2D eigenvalue weighted by Gasteiger charge is 2.53. The molecule has 11 heteroatoms. The smallest absolute Gasteiger partial charge is 0.310 e. The Morgan fingerprint density at radius 2 is 1.72 bits per heavy atom. The van der Waals surface area contributed by atoms with Crippen LogP contribution in [0.15, 0.2) is 24.3 Å². The molecule has 0 aromatic heterocycles. The van der Waals surface area contributed by atoms with Gasteiger partial charge in [-0.25, -0.2) is 0 Å². The molecule has 5 rings (SSSR count). The summed E-state index contributed by atoms with van der Waals surface area (Å²) < 4.78 is 27.7. The lowest BCUT2D eigenvalue weighted by atomic mass is 9.65. The fourth-order valence-corrected chi connectivity index (χ4v) is 5.81. The van der Waals surface area contributed by atoms with Gasteiger partial charge in [-0.1, -0.05) is 0 Å². The zero-order valence-electron chi connectivity index (χ0n) is 22.2. The van der Waals surface area contributed by atoms with E-state index < -0.39 is 17.9 Å². The molecular formula is C28H35N3O8. The van der Waals surface area contributed by atoms with E-state index in [0.29, 0.717) is 36.6 Å². The van der Waals surface area contributed by atoms with Gasteiger partial charge in [0.25, 0.3) is 0 Å². The van der Waals surface area contributed by atoms with Crippen LogP contribution in [0.2, 0.25) is 0 Å². The molecule has 0 radical (unpaired) electrons. The number of fused-ring (bicyclic) bond motifs is 3. The van der Waals surface area contributed by atoms with Crippen LogP contribution in [-0.4, -0.2) is 64.2 Å². The molecule has 1 fully saturated rings. The molecule has 2 aromatic carbocycles. The van der Waals surface area contributed by atoms with E-state index in [2.05, 4.69) is 10.6 Å². The molecule has 1 aliphatic carbocycles. The lowest BCUT2D eigenvalue weighted by Gasteiger charge is -2.39. The standard InChI is InChI=1S/C28H35N3O8/c1-35-21-9-15(10-22(36-2)27(21)33)24-16-11-19-20(39-14-38-19)12-17(16)26(18-13-37-28(34)25(18)24)31-23(32)5-8-30-7-4-3-6-29/h9-12,18,24-26,30,33H,3-8,13-14,29H2,1-2H3,(H,31,32). The van der Waals surface area contributed by atoms with Crippen molar-refractivity contribution in [2.24, 2.45) is 17.6 Å². The van der Waals surface area contributed by atoms with Gasteiger partial charge in [0.05, 0.1) is 32.8 Å². The number of benzene rings is 2. The van der Waals surface area contributed by atoms with E-state index in [-0.39, 0.29) is 48.4 Å². The Morgan fingerprint density at radius 3 is 2.38 bits per heavy atom. The lowest BCUT2D eigenvalue weighted by molar-refractivity contribution is -0.141. The molecule has 0 saturated carbocycles. The second-order valence-electron chi connectivity index (χ2n) is 9.95. The number of methoxy groups -OCH3 is 2. The molecule has 2 heterocycles. The summed E-state index contributed by atoms with van der Waals surface area (Å²) in [7, 11) is 2.91. The average Bonchev–Trinajstić information content (AvgIpc) is 3.56. The second kappa shape index (κ2) is 11.6. The summed E-state index contributed by atoms with van der Waals surface area (Å²) in [5, 5.41) is 17.0. The number of phenols is 1. The third-order valence-electron chi connectivity index (χ3n) is 7.70. The van der Waals surface area contributed by atoms with Crippen molar-refractivity contribution in [2.45, 2.75) is 31.2 Å². The quantitative estimate of drug-likeness (QED) is 0.245. The molecule has 2 aromatic rings. The number of rotatable bonds is 11. The first kappa shape index (κ1) is 26.9. The zero-order valence-corrected chi connectivity index (χ0v) is 22.2. The van der Waals surface area contributed by atoms with E-state index in [4.69, 9.17) is 29.4 Å². The predicted molar refractivity (Wildman–Crippen MR) is 140 cm³/mol. The number of hydrogen-bond donors (Lipinski definition) is 4. The Kier molecular flexibility index (Phi) is 7.99. The molecule has 4 atom stereocenters. The predicted octanol–water partition coefficient (Wildman–Crippen LogP) is 1.95. The van der Waals surface area contributed by atoms with E-state index in [1.165, 1.54) is 14.2 Å². The Bertz CT molecular complexity index is 1210. The topological polar surface area (TPSA) is 151 Å². The van der Waals surface area contributed by atoms with Gasteiger partial charge in [0.1, 0.15) is 0 Å². The van der Waals surface area contributed by atoms with Crippen molar-refractivity contribution >= 4 is 11.9 Å². The molecule has 4 unspecified atom stereocenters. The summed E-state index contributed by atoms with van der Waals surface area (Å²) in [5.74, 6) is -0.370. The number of phenolic OH excluding ortho intramolecular Hbond substituents is 1. The number of carbonyl (C=O) groups excluding carboxylic acids is 2. The van der Waals surface area contributed by atoms with E-state index in [1.54, 1.807) is 12.1 Å². The molecule has 0 spiro atoms. The van der Waals surface area contributed by atoms with Gasteiger partial charge in [-0.3, -0.25) is 9.59 Å². The van der Waals surface area contributed by atoms with Gasteiger partial charge in [-0.15, -0.1) is 0 Å². The lowest BCUT2D eigenvalue weighted by Crippen LogP contribution is -2.43. The fourth-order valence-electron chi connectivity index (χ4n) is 5.81. The SMILES string of the molecule is COc1cc(C2c3cc4c(cc3C(NC(=O)CCNCCCCN)C3COC(=O)C23)OCO4)cc(OC)c1O. The molecule has 5 N–H and O–H groups in total. The number of nitrogens with one attached hydrogen (secondary N) is 2. The van der Waals surface area contributed by atoms with Gasteiger partial charge in [0.15, 0.2) is 23.0 Å². The molecule has 2 aliphatic heterocycles. The number of cyclic esters (lactones) is 1. The van der Waals surface area contributed by atoms with Crippen LogP contribution < -0.4 is 35.3 Å². The highest BCUT2D eigenvalue weighted by Crippen LogP contribution is 2.55. The Hall–Kier alpha value is -3.70. The monoisotopic (exact) mass is 541 g/mol. The van der Waals surface area contributed by atoms with Gasteiger partial charge >= 0.3 is 5.97 Å². The van der Waals surface area contributed by atoms with E-state index in [9.17, 15) is 14.7 Å². The molecule has 1 saturated heterocycles. The van der Waals surface area contributed by atoms with Crippen LogP contribution in [0.1, 0.15) is 47.9 Å². The normalized spacial score (nSPS) is 22.6. The third-order valence-corrected chi connectivity index (χ3v) is 7.70. The van der Waals surface area contributed by atoms with Crippen molar-refractivity contribution in [2.75, 3.05) is 47.3 Å². The minimum Gasteiger partial charge on any atom is -0.502 e. The minimum atomic E-state index is -0.587. The van der Waals surface area contributed by atoms with Crippen molar-refractivity contribution < 1.29 is 38.4 Å². The molecule has 39 heavy (non-hydrogen) atoms. The van der Waals surface area contributed by atoms with Crippen LogP contribution in [0.25, 0.3) is 0 Å². The molecule has 3 aliphatic rings. The van der Waals surface area contributed by atoms with Gasteiger partial charge in [-0.05, 0) is 66.9 Å². The van der Waals surface area contributed by atoms with Gasteiger partial charge in [0.2, 0.25) is 18.4 Å². The maximum Gasteiger partial charge on any atom is 0.310 e. The summed E-state index contributed by atoms with van der Waals surface area (Å²) in [6.45, 7) is 2.24. The summed E-state index contributed by atoms with van der Waals surface area (Å²) in [6, 6.07) is 6.69. The van der Waals surface area contributed by atoms with Crippen LogP contribution in [0.5, 0.6) is 28.7 Å². The number of esters is 1. The van der Waals surface area contributed by atoms with Gasteiger partial charge < -0.3 is 45.2 Å². The highest BCUT2D eigenvalue weighted by atomic mass is 16.7. The van der Waals surface area contributed by atoms with Crippen LogP contribution in [0.3, 0.4) is 0 Å². The number of ether oxygens (including phenoxy) is 5. The van der Waals surface area contributed by atoms with Crippen LogP contribution in [-0.2, 0) is 14.3 Å². The second-order valence-corrected chi connectivity index (χ2v) is 9.95. The zero-order chi connectivity index (χ0) is 27.5. The number of amides is 1. The van der Waals surface area contributed by atoms with E-state index in [1.807, 2.05) is 12.1 Å². The van der Waals surface area contributed by atoms with Crippen molar-refractivity contribution in [3.05, 3.63) is 41.0 Å². The molecular weight excluding hydrogens is 506 g/mol. The number of nitrogens with two attached hydrogens (primary N) is 1. The van der Waals surface area contributed by atoms with Crippen LogP contribution in [0, 0.1) is 11.8 Å². The molecule has 0 bridgehead atoms.